The second kappa shape index (κ2) is 6.16. The van der Waals surface area contributed by atoms with Crippen molar-refractivity contribution >= 4 is 23.6 Å². The van der Waals surface area contributed by atoms with Gasteiger partial charge in [-0.05, 0) is 31.4 Å². The molecule has 19 heavy (non-hydrogen) atoms. The van der Waals surface area contributed by atoms with Crippen LogP contribution in [-0.2, 0) is 9.59 Å². The third kappa shape index (κ3) is 3.25. The molecule has 1 aliphatic carbocycles. The highest BCUT2D eigenvalue weighted by Crippen LogP contribution is 2.38. The molecule has 0 spiro atoms. The van der Waals surface area contributed by atoms with Crippen molar-refractivity contribution in [1.82, 2.24) is 4.90 Å². The molecule has 0 aromatic rings. The largest absolute Gasteiger partial charge is 0.481 e. The number of hydrogen-bond donors (Lipinski definition) is 1. The zero-order chi connectivity index (χ0) is 13.9. The summed E-state index contributed by atoms with van der Waals surface area (Å²) in [6.07, 6.45) is 7.01. The van der Waals surface area contributed by atoms with Crippen LogP contribution in [0.3, 0.4) is 0 Å². The Balaban J connectivity index is 2.11. The zero-order valence-corrected chi connectivity index (χ0v) is 12.4. The van der Waals surface area contributed by atoms with Gasteiger partial charge in [-0.15, -0.1) is 11.8 Å². The number of carboxylic acids is 1. The fourth-order valence-electron chi connectivity index (χ4n) is 3.34. The number of amides is 1. The van der Waals surface area contributed by atoms with E-state index in [0.717, 1.165) is 50.7 Å². The average Bonchev–Trinajstić information content (AvgIpc) is 2.91. The summed E-state index contributed by atoms with van der Waals surface area (Å²) in [4.78, 5) is 25.5. The van der Waals surface area contributed by atoms with E-state index >= 15 is 0 Å². The number of aliphatic carboxylic acids is 1. The molecule has 1 heterocycles. The van der Waals surface area contributed by atoms with Crippen LogP contribution in [0, 0.1) is 0 Å². The molecule has 0 aromatic carbocycles. The maximum Gasteiger partial charge on any atom is 0.305 e. The topological polar surface area (TPSA) is 57.6 Å². The maximum absolute atomic E-state index is 12.5. The van der Waals surface area contributed by atoms with E-state index in [4.69, 9.17) is 0 Å². The van der Waals surface area contributed by atoms with Crippen LogP contribution in [0.15, 0.2) is 0 Å². The van der Waals surface area contributed by atoms with Gasteiger partial charge in [-0.1, -0.05) is 19.3 Å². The lowest BCUT2D eigenvalue weighted by Crippen LogP contribution is -2.54. The van der Waals surface area contributed by atoms with Crippen molar-refractivity contribution in [1.29, 1.82) is 0 Å². The van der Waals surface area contributed by atoms with Crippen LogP contribution in [0.2, 0.25) is 0 Å². The first-order valence-corrected chi connectivity index (χ1v) is 8.21. The molecule has 1 aliphatic heterocycles. The first-order valence-electron chi connectivity index (χ1n) is 7.16. The van der Waals surface area contributed by atoms with Crippen molar-refractivity contribution in [3.05, 3.63) is 0 Å². The fourth-order valence-corrected chi connectivity index (χ4v) is 4.60. The number of rotatable bonds is 4. The molecule has 1 N–H and O–H groups in total. The van der Waals surface area contributed by atoms with E-state index in [-0.39, 0.29) is 17.6 Å². The van der Waals surface area contributed by atoms with Gasteiger partial charge in [0.1, 0.15) is 0 Å². The van der Waals surface area contributed by atoms with Crippen molar-refractivity contribution in [2.24, 2.45) is 0 Å². The van der Waals surface area contributed by atoms with Crippen molar-refractivity contribution in [2.75, 3.05) is 12.8 Å². The normalized spacial score (nSPS) is 26.1. The minimum Gasteiger partial charge on any atom is -0.481 e. The van der Waals surface area contributed by atoms with Gasteiger partial charge in [0.25, 0.3) is 0 Å². The highest BCUT2D eigenvalue weighted by molar-refractivity contribution is 8.00. The molecule has 108 valence electrons. The van der Waals surface area contributed by atoms with Gasteiger partial charge in [0, 0.05) is 7.05 Å². The van der Waals surface area contributed by atoms with Crippen LogP contribution in [0.4, 0.5) is 0 Å². The Bertz CT molecular complexity index is 347. The maximum atomic E-state index is 12.5. The molecule has 2 fully saturated rings. The Kier molecular flexibility index (Phi) is 4.76. The highest BCUT2D eigenvalue weighted by Gasteiger charge is 2.42. The lowest BCUT2D eigenvalue weighted by Gasteiger charge is -2.44. The molecule has 2 aliphatic rings. The molecule has 5 heteroatoms. The molecule has 2 rings (SSSR count). The molecule has 0 bridgehead atoms. The van der Waals surface area contributed by atoms with Gasteiger partial charge in [-0.25, -0.2) is 0 Å². The van der Waals surface area contributed by atoms with Gasteiger partial charge in [-0.3, -0.25) is 9.59 Å². The molecule has 0 radical (unpaired) electrons. The monoisotopic (exact) mass is 285 g/mol. The first kappa shape index (κ1) is 14.7. The number of hydrogen-bond acceptors (Lipinski definition) is 3. The quantitative estimate of drug-likeness (QED) is 0.862. The minimum absolute atomic E-state index is 0.0533. The molecule has 1 atom stereocenters. The Hall–Kier alpha value is -0.710. The predicted molar refractivity (Wildman–Crippen MR) is 76.3 cm³/mol. The van der Waals surface area contributed by atoms with Gasteiger partial charge in [0.2, 0.25) is 5.91 Å². The van der Waals surface area contributed by atoms with Crippen molar-refractivity contribution in [3.63, 3.8) is 0 Å². The lowest BCUT2D eigenvalue weighted by atomic mass is 9.78. The van der Waals surface area contributed by atoms with Gasteiger partial charge in [0.05, 0.1) is 17.2 Å². The average molecular weight is 285 g/mol. The van der Waals surface area contributed by atoms with Crippen LogP contribution < -0.4 is 0 Å². The van der Waals surface area contributed by atoms with E-state index in [1.54, 1.807) is 16.7 Å². The Morgan fingerprint density at radius 1 is 1.26 bits per heavy atom. The van der Waals surface area contributed by atoms with E-state index in [9.17, 15) is 14.7 Å². The Morgan fingerprint density at radius 3 is 2.47 bits per heavy atom. The van der Waals surface area contributed by atoms with Crippen molar-refractivity contribution in [3.8, 4) is 0 Å². The zero-order valence-electron chi connectivity index (χ0n) is 11.6. The van der Waals surface area contributed by atoms with Crippen LogP contribution >= 0.6 is 11.8 Å². The van der Waals surface area contributed by atoms with Crippen LogP contribution in [0.25, 0.3) is 0 Å². The molecule has 1 amide bonds. The van der Waals surface area contributed by atoms with Crippen LogP contribution in [-0.4, -0.2) is 45.5 Å². The fraction of sp³-hybridized carbons (Fsp3) is 0.857. The second-order valence-electron chi connectivity index (χ2n) is 5.75. The van der Waals surface area contributed by atoms with E-state index in [1.165, 1.54) is 0 Å². The SMILES string of the molecule is CN(C(=O)C1CCCS1)C1(CC(=O)O)CCCCC1. The van der Waals surface area contributed by atoms with Crippen LogP contribution in [0.5, 0.6) is 0 Å². The van der Waals surface area contributed by atoms with E-state index < -0.39 is 11.5 Å². The standard InChI is InChI=1S/C14H23NO3S/c1-15(13(18)11-6-5-9-19-11)14(10-12(16)17)7-3-2-4-8-14/h11H,2-10H2,1H3,(H,16,17). The van der Waals surface area contributed by atoms with Gasteiger partial charge in [0.15, 0.2) is 0 Å². The van der Waals surface area contributed by atoms with Gasteiger partial charge >= 0.3 is 5.97 Å². The molecule has 0 aromatic heterocycles. The second-order valence-corrected chi connectivity index (χ2v) is 7.07. The summed E-state index contributed by atoms with van der Waals surface area (Å²) < 4.78 is 0. The molecule has 1 saturated heterocycles. The van der Waals surface area contributed by atoms with E-state index in [1.807, 2.05) is 7.05 Å². The number of nitrogens with zero attached hydrogens (tertiary/aromatic N) is 1. The number of carbonyl (C=O) groups is 2. The summed E-state index contributed by atoms with van der Waals surface area (Å²) in [7, 11) is 1.81. The van der Waals surface area contributed by atoms with Crippen molar-refractivity contribution < 1.29 is 14.7 Å². The summed E-state index contributed by atoms with van der Waals surface area (Å²) in [5.74, 6) is 0.405. The number of carbonyl (C=O) groups excluding carboxylic acids is 1. The van der Waals surface area contributed by atoms with Gasteiger partial charge < -0.3 is 10.0 Å². The summed E-state index contributed by atoms with van der Waals surface area (Å²) in [5, 5.41) is 9.24. The summed E-state index contributed by atoms with van der Waals surface area (Å²) in [6, 6.07) is 0. The van der Waals surface area contributed by atoms with Crippen LogP contribution in [0.1, 0.15) is 51.4 Å². The number of carboxylic acid groups (broad SMARTS) is 1. The van der Waals surface area contributed by atoms with Gasteiger partial charge in [-0.2, -0.15) is 0 Å². The molecule has 1 saturated carbocycles. The van der Waals surface area contributed by atoms with E-state index in [0.29, 0.717) is 0 Å². The van der Waals surface area contributed by atoms with E-state index in [2.05, 4.69) is 0 Å². The molecule has 4 nitrogen and oxygen atoms in total. The number of thioether (sulfide) groups is 1. The smallest absolute Gasteiger partial charge is 0.305 e. The first-order chi connectivity index (χ1) is 9.05. The molecular weight excluding hydrogens is 262 g/mol. The minimum atomic E-state index is -0.791. The lowest BCUT2D eigenvalue weighted by molar-refractivity contribution is -0.145. The molecular formula is C14H23NO3S. The summed E-state index contributed by atoms with van der Waals surface area (Å²) in [6.45, 7) is 0. The summed E-state index contributed by atoms with van der Waals surface area (Å²) >= 11 is 1.72. The summed E-state index contributed by atoms with van der Waals surface area (Å²) in [5.41, 5.74) is -0.440. The Labute approximate surface area is 118 Å². The highest BCUT2D eigenvalue weighted by atomic mass is 32.2. The van der Waals surface area contributed by atoms with Crippen molar-refractivity contribution in [2.45, 2.75) is 62.2 Å². The third-order valence-corrected chi connectivity index (χ3v) is 5.88. The molecule has 1 unspecified atom stereocenters. The predicted octanol–water partition coefficient (Wildman–Crippen LogP) is 2.52. The Morgan fingerprint density at radius 2 is 1.95 bits per heavy atom. The third-order valence-electron chi connectivity index (χ3n) is 4.51.